The van der Waals surface area contributed by atoms with Gasteiger partial charge in [-0.15, -0.1) is 0 Å². The Bertz CT molecular complexity index is 653. The topological polar surface area (TPSA) is 54.0 Å². The fourth-order valence-electron chi connectivity index (χ4n) is 1.82. The third kappa shape index (κ3) is 2.64. The Morgan fingerprint density at radius 3 is 2.50 bits per heavy atom. The first-order valence-corrected chi connectivity index (χ1v) is 7.50. The van der Waals surface area contributed by atoms with E-state index in [4.69, 9.17) is 18.3 Å². The molecule has 2 aromatic rings. The lowest BCUT2D eigenvalue weighted by atomic mass is 10.2. The average Bonchev–Trinajstić information content (AvgIpc) is 2.47. The van der Waals surface area contributed by atoms with Crippen molar-refractivity contribution in [3.05, 3.63) is 54.1 Å². The summed E-state index contributed by atoms with van der Waals surface area (Å²) in [4.78, 5) is 0. The standard InChI is InChI=1S/C14H13O5P/c1-16-12-6-8-13(9-7-12)18-20(15)17-10-11-4-2-3-5-14(11)19-20/h2-9H,10H2,1H3. The van der Waals surface area contributed by atoms with Crippen molar-refractivity contribution in [3.63, 3.8) is 0 Å². The molecule has 0 N–H and O–H groups in total. The minimum absolute atomic E-state index is 0.198. The molecule has 5 nitrogen and oxygen atoms in total. The van der Waals surface area contributed by atoms with E-state index in [9.17, 15) is 4.57 Å². The highest BCUT2D eigenvalue weighted by atomic mass is 31.2. The maximum absolute atomic E-state index is 12.4. The molecular formula is C14H13O5P. The van der Waals surface area contributed by atoms with Crippen molar-refractivity contribution < 1.29 is 22.9 Å². The smallest absolute Gasteiger partial charge is 0.497 e. The number of rotatable bonds is 3. The molecule has 0 aromatic heterocycles. The van der Waals surface area contributed by atoms with Gasteiger partial charge in [0.1, 0.15) is 17.2 Å². The molecule has 0 amide bonds. The molecular weight excluding hydrogens is 279 g/mol. The largest absolute Gasteiger partial charge is 0.587 e. The van der Waals surface area contributed by atoms with E-state index in [0.717, 1.165) is 5.56 Å². The number of hydrogen-bond donors (Lipinski definition) is 0. The second-order valence-electron chi connectivity index (χ2n) is 4.19. The summed E-state index contributed by atoms with van der Waals surface area (Å²) >= 11 is 0. The molecule has 1 aliphatic heterocycles. The number of ether oxygens (including phenoxy) is 1. The van der Waals surface area contributed by atoms with E-state index in [1.165, 1.54) is 0 Å². The molecule has 1 atom stereocenters. The Hall–Kier alpha value is -1.97. The maximum atomic E-state index is 12.4. The van der Waals surface area contributed by atoms with E-state index < -0.39 is 7.82 Å². The molecule has 1 aliphatic rings. The van der Waals surface area contributed by atoms with Gasteiger partial charge in [-0.25, -0.2) is 4.57 Å². The molecule has 0 saturated carbocycles. The third-order valence-corrected chi connectivity index (χ3v) is 4.14. The predicted octanol–water partition coefficient (Wildman–Crippen LogP) is 3.79. The lowest BCUT2D eigenvalue weighted by molar-refractivity contribution is 0.181. The molecule has 20 heavy (non-hydrogen) atoms. The summed E-state index contributed by atoms with van der Waals surface area (Å²) in [6, 6.07) is 14.0. The van der Waals surface area contributed by atoms with Crippen LogP contribution < -0.4 is 13.8 Å². The summed E-state index contributed by atoms with van der Waals surface area (Å²) in [5.41, 5.74) is 0.845. The summed E-state index contributed by atoms with van der Waals surface area (Å²) in [5, 5.41) is 0. The van der Waals surface area contributed by atoms with Crippen molar-refractivity contribution in [1.29, 1.82) is 0 Å². The number of fused-ring (bicyclic) bond motifs is 1. The molecule has 6 heteroatoms. The summed E-state index contributed by atoms with van der Waals surface area (Å²) in [7, 11) is -2.06. The lowest BCUT2D eigenvalue weighted by Crippen LogP contribution is -2.11. The molecule has 1 heterocycles. The summed E-state index contributed by atoms with van der Waals surface area (Å²) in [6.45, 7) is 0.198. The van der Waals surface area contributed by atoms with Crippen LogP contribution in [0, 0.1) is 0 Å². The molecule has 0 fully saturated rings. The molecule has 1 unspecified atom stereocenters. The van der Waals surface area contributed by atoms with Gasteiger partial charge in [-0.05, 0) is 30.3 Å². The lowest BCUT2D eigenvalue weighted by Gasteiger charge is -2.24. The average molecular weight is 292 g/mol. The zero-order valence-corrected chi connectivity index (χ0v) is 11.7. The number of phosphoric ester groups is 1. The van der Waals surface area contributed by atoms with Crippen molar-refractivity contribution in [2.75, 3.05) is 7.11 Å². The van der Waals surface area contributed by atoms with E-state index in [1.54, 1.807) is 37.4 Å². The SMILES string of the molecule is COc1ccc(OP2(=O)OCc3ccccc3O2)cc1. The first-order valence-electron chi connectivity index (χ1n) is 6.04. The fourth-order valence-corrected chi connectivity index (χ4v) is 3.06. The quantitative estimate of drug-likeness (QED) is 0.805. The van der Waals surface area contributed by atoms with E-state index >= 15 is 0 Å². The number of methoxy groups -OCH3 is 1. The van der Waals surface area contributed by atoms with Gasteiger partial charge in [0.05, 0.1) is 13.7 Å². The Balaban J connectivity index is 1.78. The molecule has 0 aliphatic carbocycles. The normalized spacial score (nSPS) is 20.6. The molecule has 0 radical (unpaired) electrons. The van der Waals surface area contributed by atoms with Crippen molar-refractivity contribution in [2.24, 2.45) is 0 Å². The Morgan fingerprint density at radius 1 is 1.05 bits per heavy atom. The highest BCUT2D eigenvalue weighted by Crippen LogP contribution is 2.54. The van der Waals surface area contributed by atoms with Crippen LogP contribution in [0.15, 0.2) is 48.5 Å². The van der Waals surface area contributed by atoms with Crippen molar-refractivity contribution >= 4 is 7.82 Å². The predicted molar refractivity (Wildman–Crippen MR) is 73.1 cm³/mol. The Morgan fingerprint density at radius 2 is 1.75 bits per heavy atom. The number of phosphoric acid groups is 1. The van der Waals surface area contributed by atoms with Gasteiger partial charge < -0.3 is 13.8 Å². The number of para-hydroxylation sites is 1. The summed E-state index contributed by atoms with van der Waals surface area (Å²) < 4.78 is 33.4. The molecule has 3 rings (SSSR count). The zero-order valence-electron chi connectivity index (χ0n) is 10.8. The van der Waals surface area contributed by atoms with Crippen LogP contribution in [0.25, 0.3) is 0 Å². The Labute approximate surface area is 116 Å². The van der Waals surface area contributed by atoms with Gasteiger partial charge in [0.15, 0.2) is 0 Å². The third-order valence-electron chi connectivity index (χ3n) is 2.84. The van der Waals surface area contributed by atoms with Gasteiger partial charge in [-0.2, -0.15) is 0 Å². The second kappa shape index (κ2) is 5.19. The first-order chi connectivity index (χ1) is 9.68. The van der Waals surface area contributed by atoms with Gasteiger partial charge in [0.2, 0.25) is 0 Å². The summed E-state index contributed by atoms with van der Waals surface area (Å²) in [5.74, 6) is 1.61. The zero-order chi connectivity index (χ0) is 14.0. The van der Waals surface area contributed by atoms with Crippen LogP contribution >= 0.6 is 7.82 Å². The van der Waals surface area contributed by atoms with Gasteiger partial charge in [-0.1, -0.05) is 18.2 Å². The molecule has 0 spiro atoms. The maximum Gasteiger partial charge on any atom is 0.587 e. The van der Waals surface area contributed by atoms with Crippen LogP contribution in [0.2, 0.25) is 0 Å². The molecule has 2 aromatic carbocycles. The van der Waals surface area contributed by atoms with E-state index in [1.807, 2.05) is 18.2 Å². The van der Waals surface area contributed by atoms with E-state index in [0.29, 0.717) is 17.2 Å². The van der Waals surface area contributed by atoms with Crippen molar-refractivity contribution in [3.8, 4) is 17.2 Å². The van der Waals surface area contributed by atoms with Crippen LogP contribution in [0.1, 0.15) is 5.56 Å². The summed E-state index contributed by atoms with van der Waals surface area (Å²) in [6.07, 6.45) is 0. The van der Waals surface area contributed by atoms with Gasteiger partial charge in [-0.3, -0.25) is 4.52 Å². The van der Waals surface area contributed by atoms with Crippen LogP contribution in [0.4, 0.5) is 0 Å². The van der Waals surface area contributed by atoms with Gasteiger partial charge in [0.25, 0.3) is 0 Å². The van der Waals surface area contributed by atoms with Crippen molar-refractivity contribution in [1.82, 2.24) is 0 Å². The van der Waals surface area contributed by atoms with Crippen LogP contribution in [0.5, 0.6) is 17.2 Å². The first kappa shape index (κ1) is 13.0. The van der Waals surface area contributed by atoms with Crippen molar-refractivity contribution in [2.45, 2.75) is 6.61 Å². The second-order valence-corrected chi connectivity index (χ2v) is 5.70. The highest BCUT2D eigenvalue weighted by Gasteiger charge is 2.35. The van der Waals surface area contributed by atoms with E-state index in [-0.39, 0.29) is 6.61 Å². The van der Waals surface area contributed by atoms with Crippen LogP contribution in [-0.2, 0) is 15.7 Å². The minimum atomic E-state index is -3.63. The van der Waals surface area contributed by atoms with Crippen LogP contribution in [-0.4, -0.2) is 7.11 Å². The highest BCUT2D eigenvalue weighted by molar-refractivity contribution is 7.49. The minimum Gasteiger partial charge on any atom is -0.497 e. The van der Waals surface area contributed by atoms with E-state index in [2.05, 4.69) is 0 Å². The number of hydrogen-bond acceptors (Lipinski definition) is 5. The molecule has 104 valence electrons. The fraction of sp³-hybridized carbons (Fsp3) is 0.143. The number of benzene rings is 2. The Kier molecular flexibility index (Phi) is 3.38. The van der Waals surface area contributed by atoms with Gasteiger partial charge >= 0.3 is 7.82 Å². The van der Waals surface area contributed by atoms with Crippen LogP contribution in [0.3, 0.4) is 0 Å². The molecule has 0 bridgehead atoms. The van der Waals surface area contributed by atoms with Gasteiger partial charge in [0, 0.05) is 5.56 Å². The monoisotopic (exact) mass is 292 g/mol. The molecule has 0 saturated heterocycles.